The summed E-state index contributed by atoms with van der Waals surface area (Å²) in [5.74, 6) is -0.834. The molecule has 0 aromatic heterocycles. The Kier molecular flexibility index (Phi) is 10.8. The van der Waals surface area contributed by atoms with Crippen molar-refractivity contribution in [1.82, 2.24) is 10.2 Å². The summed E-state index contributed by atoms with van der Waals surface area (Å²) in [6, 6.07) is 18.9. The van der Waals surface area contributed by atoms with Gasteiger partial charge in [-0.2, -0.15) is 0 Å². The molecule has 4 rings (SSSR count). The van der Waals surface area contributed by atoms with Crippen LogP contribution >= 0.6 is 34.8 Å². The molecule has 0 bridgehead atoms. The summed E-state index contributed by atoms with van der Waals surface area (Å²) >= 11 is 18.7. The van der Waals surface area contributed by atoms with Crippen LogP contribution in [0.4, 0.5) is 5.69 Å². The zero-order chi connectivity index (χ0) is 30.4. The second-order valence-corrected chi connectivity index (χ2v) is 13.8. The first-order valence-electron chi connectivity index (χ1n) is 13.7. The van der Waals surface area contributed by atoms with E-state index in [4.69, 9.17) is 34.8 Å². The lowest BCUT2D eigenvalue weighted by Crippen LogP contribution is -2.54. The van der Waals surface area contributed by atoms with Crippen LogP contribution in [0.25, 0.3) is 0 Å². The smallest absolute Gasteiger partial charge is 0.244 e. The van der Waals surface area contributed by atoms with Gasteiger partial charge in [0.1, 0.15) is 12.6 Å². The van der Waals surface area contributed by atoms with E-state index >= 15 is 0 Å². The first-order valence-corrected chi connectivity index (χ1v) is 16.7. The van der Waals surface area contributed by atoms with E-state index in [-0.39, 0.29) is 45.7 Å². The van der Waals surface area contributed by atoms with Crippen molar-refractivity contribution in [1.29, 1.82) is 0 Å². The molecule has 3 aromatic carbocycles. The molecule has 0 unspecified atom stereocenters. The van der Waals surface area contributed by atoms with E-state index in [1.165, 1.54) is 17.0 Å². The molecule has 2 amide bonds. The second kappa shape index (κ2) is 14.1. The van der Waals surface area contributed by atoms with E-state index in [0.717, 1.165) is 52.9 Å². The molecule has 0 radical (unpaired) electrons. The molecule has 42 heavy (non-hydrogen) atoms. The Morgan fingerprint density at radius 2 is 1.55 bits per heavy atom. The first kappa shape index (κ1) is 32.1. The second-order valence-electron chi connectivity index (χ2n) is 10.6. The number of nitrogens with one attached hydrogen (secondary N) is 1. The van der Waals surface area contributed by atoms with Gasteiger partial charge in [0.05, 0.1) is 27.0 Å². The van der Waals surface area contributed by atoms with Crippen molar-refractivity contribution in [2.24, 2.45) is 0 Å². The lowest BCUT2D eigenvalue weighted by Gasteiger charge is -2.34. The number of rotatable bonds is 11. The third-order valence-corrected chi connectivity index (χ3v) is 9.66. The van der Waals surface area contributed by atoms with Gasteiger partial charge in [0, 0.05) is 19.0 Å². The van der Waals surface area contributed by atoms with Crippen molar-refractivity contribution in [3.05, 3.63) is 98.5 Å². The van der Waals surface area contributed by atoms with Gasteiger partial charge < -0.3 is 10.2 Å². The highest BCUT2D eigenvalue weighted by molar-refractivity contribution is 7.92. The van der Waals surface area contributed by atoms with E-state index in [0.29, 0.717) is 0 Å². The standard InChI is InChI=1S/C31H34Cl3N3O4S/c1-21-10-6-7-13-23(21)19-36(29(16-22-11-4-3-5-12-22)31(39)35-24-14-8-9-15-24)30(38)20-37(42(2,40)41)28-18-26(33)25(32)17-27(28)34/h3-7,10-13,17-18,24,29H,8-9,14-16,19-20H2,1-2H3,(H,35,39)/t29-/m0/s1. The van der Waals surface area contributed by atoms with E-state index in [1.54, 1.807) is 0 Å². The molecule has 1 aliphatic carbocycles. The number of benzene rings is 3. The summed E-state index contributed by atoms with van der Waals surface area (Å²) in [5.41, 5.74) is 2.68. The van der Waals surface area contributed by atoms with Gasteiger partial charge >= 0.3 is 0 Å². The molecule has 7 nitrogen and oxygen atoms in total. The van der Waals surface area contributed by atoms with Gasteiger partial charge in [-0.05, 0) is 48.6 Å². The quantitative estimate of drug-likeness (QED) is 0.243. The van der Waals surface area contributed by atoms with E-state index in [9.17, 15) is 18.0 Å². The van der Waals surface area contributed by atoms with Crippen LogP contribution in [0.15, 0.2) is 66.7 Å². The fraction of sp³-hybridized carbons (Fsp3) is 0.355. The lowest BCUT2D eigenvalue weighted by atomic mass is 10.0. The highest BCUT2D eigenvalue weighted by atomic mass is 35.5. The zero-order valence-electron chi connectivity index (χ0n) is 23.5. The van der Waals surface area contributed by atoms with Crippen LogP contribution in [-0.4, -0.2) is 50.0 Å². The van der Waals surface area contributed by atoms with E-state index < -0.39 is 28.5 Å². The number of hydrogen-bond acceptors (Lipinski definition) is 4. The highest BCUT2D eigenvalue weighted by Gasteiger charge is 2.35. The fourth-order valence-corrected chi connectivity index (χ4v) is 6.74. The normalized spacial score (nSPS) is 14.4. The third kappa shape index (κ3) is 8.19. The number of aryl methyl sites for hydroxylation is 1. The number of nitrogens with zero attached hydrogens (tertiary/aromatic N) is 2. The number of carbonyl (C=O) groups is 2. The van der Waals surface area contributed by atoms with Crippen molar-refractivity contribution in [3.63, 3.8) is 0 Å². The minimum Gasteiger partial charge on any atom is -0.352 e. The summed E-state index contributed by atoms with van der Waals surface area (Å²) in [6.07, 6.45) is 5.07. The van der Waals surface area contributed by atoms with Crippen molar-refractivity contribution in [3.8, 4) is 0 Å². The number of anilines is 1. The molecule has 11 heteroatoms. The minimum atomic E-state index is -4.00. The molecule has 1 atom stereocenters. The molecule has 224 valence electrons. The lowest BCUT2D eigenvalue weighted by molar-refractivity contribution is -0.140. The van der Waals surface area contributed by atoms with Gasteiger partial charge in [-0.25, -0.2) is 8.42 Å². The Bertz CT molecular complexity index is 1530. The van der Waals surface area contributed by atoms with Crippen LogP contribution < -0.4 is 9.62 Å². The van der Waals surface area contributed by atoms with Crippen LogP contribution in [0.5, 0.6) is 0 Å². The monoisotopic (exact) mass is 649 g/mol. The van der Waals surface area contributed by atoms with Crippen molar-refractivity contribution < 1.29 is 18.0 Å². The van der Waals surface area contributed by atoms with Crippen molar-refractivity contribution in [2.45, 2.75) is 57.7 Å². The molecule has 1 aliphatic rings. The molecule has 3 aromatic rings. The van der Waals surface area contributed by atoms with Crippen molar-refractivity contribution in [2.75, 3.05) is 17.1 Å². The van der Waals surface area contributed by atoms with E-state index in [2.05, 4.69) is 5.32 Å². The summed E-state index contributed by atoms with van der Waals surface area (Å²) in [6.45, 7) is 1.44. The Balaban J connectivity index is 1.76. The number of sulfonamides is 1. The maximum atomic E-state index is 14.3. The maximum Gasteiger partial charge on any atom is 0.244 e. The molecular weight excluding hydrogens is 617 g/mol. The summed E-state index contributed by atoms with van der Waals surface area (Å²) in [5, 5.41) is 3.42. The Morgan fingerprint density at radius 3 is 2.19 bits per heavy atom. The molecule has 0 aliphatic heterocycles. The van der Waals surface area contributed by atoms with Crippen LogP contribution in [0, 0.1) is 6.92 Å². The van der Waals surface area contributed by atoms with Gasteiger partial charge in [-0.3, -0.25) is 13.9 Å². The molecule has 0 saturated heterocycles. The molecule has 1 fully saturated rings. The molecular formula is C31H34Cl3N3O4S. The predicted octanol–water partition coefficient (Wildman–Crippen LogP) is 6.42. The van der Waals surface area contributed by atoms with Gasteiger partial charge in [0.2, 0.25) is 21.8 Å². The number of amides is 2. The highest BCUT2D eigenvalue weighted by Crippen LogP contribution is 2.36. The largest absolute Gasteiger partial charge is 0.352 e. The van der Waals surface area contributed by atoms with Gasteiger partial charge in [-0.15, -0.1) is 0 Å². The molecule has 0 heterocycles. The SMILES string of the molecule is Cc1ccccc1CN(C(=O)CN(c1cc(Cl)c(Cl)cc1Cl)S(C)(=O)=O)[C@@H](Cc1ccccc1)C(=O)NC1CCCC1. The van der Waals surface area contributed by atoms with E-state index in [1.807, 2.05) is 61.5 Å². The van der Waals surface area contributed by atoms with Crippen LogP contribution in [0.2, 0.25) is 15.1 Å². The fourth-order valence-electron chi connectivity index (χ4n) is 5.19. The Hall–Kier alpha value is -2.78. The van der Waals surface area contributed by atoms with Gasteiger partial charge in [0.15, 0.2) is 0 Å². The topological polar surface area (TPSA) is 86.8 Å². The zero-order valence-corrected chi connectivity index (χ0v) is 26.6. The number of hydrogen-bond donors (Lipinski definition) is 1. The third-order valence-electron chi connectivity index (χ3n) is 7.51. The van der Waals surface area contributed by atoms with Crippen molar-refractivity contribution >= 4 is 62.3 Å². The van der Waals surface area contributed by atoms with Crippen LogP contribution in [0.1, 0.15) is 42.4 Å². The summed E-state index contributed by atoms with van der Waals surface area (Å²) < 4.78 is 26.9. The first-order chi connectivity index (χ1) is 19.9. The number of halogens is 3. The Labute approximate surface area is 262 Å². The molecule has 1 saturated carbocycles. The number of carbonyl (C=O) groups excluding carboxylic acids is 2. The molecule has 0 spiro atoms. The summed E-state index contributed by atoms with van der Waals surface area (Å²) in [7, 11) is -4.00. The Morgan fingerprint density at radius 1 is 0.929 bits per heavy atom. The van der Waals surface area contributed by atoms with Crippen LogP contribution in [0.3, 0.4) is 0 Å². The average Bonchev–Trinajstić information content (AvgIpc) is 3.45. The molecule has 1 N–H and O–H groups in total. The average molecular weight is 651 g/mol. The summed E-state index contributed by atoms with van der Waals surface area (Å²) in [4.78, 5) is 29.7. The van der Waals surface area contributed by atoms with Gasteiger partial charge in [-0.1, -0.05) is 102 Å². The van der Waals surface area contributed by atoms with Gasteiger partial charge in [0.25, 0.3) is 0 Å². The minimum absolute atomic E-state index is 0.0211. The predicted molar refractivity (Wildman–Crippen MR) is 170 cm³/mol. The van der Waals surface area contributed by atoms with Crippen LogP contribution in [-0.2, 0) is 32.6 Å². The maximum absolute atomic E-state index is 14.3.